The molecule has 1 aliphatic heterocycles. The largest absolute Gasteiger partial charge is 0.457 e. The highest BCUT2D eigenvalue weighted by molar-refractivity contribution is 5.39. The van der Waals surface area contributed by atoms with Crippen molar-refractivity contribution in [1.82, 2.24) is 5.32 Å². The maximum absolute atomic E-state index is 6.02. The van der Waals surface area contributed by atoms with Crippen molar-refractivity contribution in [3.63, 3.8) is 0 Å². The Morgan fingerprint density at radius 3 is 2.47 bits per heavy atom. The van der Waals surface area contributed by atoms with Crippen molar-refractivity contribution in [1.29, 1.82) is 0 Å². The number of para-hydroxylation sites is 2. The molecule has 0 spiro atoms. The van der Waals surface area contributed by atoms with Gasteiger partial charge in [-0.2, -0.15) is 0 Å². The van der Waals surface area contributed by atoms with Crippen LogP contribution in [0.15, 0.2) is 54.6 Å². The summed E-state index contributed by atoms with van der Waals surface area (Å²) in [5.74, 6) is 1.86. The van der Waals surface area contributed by atoms with Gasteiger partial charge in [0, 0.05) is 11.6 Å². The third-order valence-corrected chi connectivity index (χ3v) is 3.58. The molecule has 0 aromatic heterocycles. The molecule has 19 heavy (non-hydrogen) atoms. The van der Waals surface area contributed by atoms with Gasteiger partial charge in [-0.3, -0.25) is 0 Å². The Hall–Kier alpha value is -1.80. The highest BCUT2D eigenvalue weighted by Crippen LogP contribution is 2.33. The van der Waals surface area contributed by atoms with E-state index in [2.05, 4.69) is 23.5 Å². The smallest absolute Gasteiger partial charge is 0.132 e. The van der Waals surface area contributed by atoms with E-state index in [4.69, 9.17) is 4.74 Å². The summed E-state index contributed by atoms with van der Waals surface area (Å²) in [6.07, 6.45) is 3.75. The summed E-state index contributed by atoms with van der Waals surface area (Å²) in [7, 11) is 0. The lowest BCUT2D eigenvalue weighted by molar-refractivity contribution is 0.394. The summed E-state index contributed by atoms with van der Waals surface area (Å²) in [4.78, 5) is 0. The standard InChI is InChI=1S/C17H19NO/c1-2-8-14(9-3-1)19-17-12-5-4-10-15(17)16-11-6-7-13-18-16/h1-5,8-10,12,16,18H,6-7,11,13H2. The highest BCUT2D eigenvalue weighted by Gasteiger charge is 2.18. The van der Waals surface area contributed by atoms with E-state index < -0.39 is 0 Å². The molecule has 1 N–H and O–H groups in total. The predicted octanol–water partition coefficient (Wildman–Crippen LogP) is 4.29. The van der Waals surface area contributed by atoms with E-state index >= 15 is 0 Å². The molecule has 1 fully saturated rings. The zero-order valence-electron chi connectivity index (χ0n) is 11.0. The van der Waals surface area contributed by atoms with E-state index in [-0.39, 0.29) is 0 Å². The number of hydrogen-bond acceptors (Lipinski definition) is 2. The number of nitrogens with one attached hydrogen (secondary N) is 1. The zero-order valence-corrected chi connectivity index (χ0v) is 11.0. The number of piperidine rings is 1. The second-order valence-electron chi connectivity index (χ2n) is 4.96. The average molecular weight is 253 g/mol. The first-order chi connectivity index (χ1) is 9.43. The van der Waals surface area contributed by atoms with Crippen LogP contribution in [-0.2, 0) is 0 Å². The Morgan fingerprint density at radius 1 is 0.895 bits per heavy atom. The van der Waals surface area contributed by atoms with Gasteiger partial charge < -0.3 is 10.1 Å². The number of ether oxygens (including phenoxy) is 1. The molecule has 1 atom stereocenters. The van der Waals surface area contributed by atoms with Gasteiger partial charge in [-0.1, -0.05) is 42.8 Å². The van der Waals surface area contributed by atoms with E-state index in [1.165, 1.54) is 24.8 Å². The van der Waals surface area contributed by atoms with Gasteiger partial charge in [0.25, 0.3) is 0 Å². The van der Waals surface area contributed by atoms with E-state index in [0.717, 1.165) is 18.0 Å². The summed E-state index contributed by atoms with van der Waals surface area (Å²) in [5, 5.41) is 3.58. The van der Waals surface area contributed by atoms with Crippen LogP contribution in [-0.4, -0.2) is 6.54 Å². The summed E-state index contributed by atoms with van der Waals surface area (Å²) >= 11 is 0. The maximum Gasteiger partial charge on any atom is 0.132 e. The third-order valence-electron chi connectivity index (χ3n) is 3.58. The lowest BCUT2D eigenvalue weighted by Gasteiger charge is -2.25. The first kappa shape index (κ1) is 12.2. The molecule has 0 saturated carbocycles. The van der Waals surface area contributed by atoms with Gasteiger partial charge in [-0.25, -0.2) is 0 Å². The van der Waals surface area contributed by atoms with E-state index in [9.17, 15) is 0 Å². The fourth-order valence-electron chi connectivity index (χ4n) is 2.59. The van der Waals surface area contributed by atoms with Gasteiger partial charge in [-0.05, 0) is 37.6 Å². The van der Waals surface area contributed by atoms with Crippen molar-refractivity contribution in [2.45, 2.75) is 25.3 Å². The molecule has 0 amide bonds. The molecule has 1 saturated heterocycles. The van der Waals surface area contributed by atoms with Gasteiger partial charge in [0.15, 0.2) is 0 Å². The van der Waals surface area contributed by atoms with Gasteiger partial charge in [0.2, 0.25) is 0 Å². The summed E-state index contributed by atoms with van der Waals surface area (Å²) in [6, 6.07) is 18.7. The van der Waals surface area contributed by atoms with Gasteiger partial charge in [0.05, 0.1) is 0 Å². The topological polar surface area (TPSA) is 21.3 Å². The molecule has 0 aliphatic carbocycles. The van der Waals surface area contributed by atoms with Crippen LogP contribution < -0.4 is 10.1 Å². The SMILES string of the molecule is c1ccc(Oc2ccccc2C2CCCCN2)cc1. The zero-order chi connectivity index (χ0) is 12.9. The van der Waals surface area contributed by atoms with Crippen LogP contribution in [0.25, 0.3) is 0 Å². The Bertz CT molecular complexity index is 518. The van der Waals surface area contributed by atoms with Crippen LogP contribution in [0.5, 0.6) is 11.5 Å². The Morgan fingerprint density at radius 2 is 1.68 bits per heavy atom. The summed E-state index contributed by atoms with van der Waals surface area (Å²) in [6.45, 7) is 1.10. The van der Waals surface area contributed by atoms with Crippen molar-refractivity contribution >= 4 is 0 Å². The molecule has 2 heteroatoms. The molecule has 0 radical (unpaired) electrons. The number of rotatable bonds is 3. The van der Waals surface area contributed by atoms with Gasteiger partial charge in [0.1, 0.15) is 11.5 Å². The van der Waals surface area contributed by atoms with Crippen molar-refractivity contribution in [2.75, 3.05) is 6.54 Å². The molecule has 98 valence electrons. The molecule has 1 unspecified atom stereocenters. The van der Waals surface area contributed by atoms with Crippen LogP contribution in [0.3, 0.4) is 0 Å². The second-order valence-corrected chi connectivity index (χ2v) is 4.96. The van der Waals surface area contributed by atoms with Crippen LogP contribution in [0.2, 0.25) is 0 Å². The second kappa shape index (κ2) is 5.89. The molecular formula is C17H19NO. The minimum absolute atomic E-state index is 0.425. The van der Waals surface area contributed by atoms with Gasteiger partial charge >= 0.3 is 0 Å². The van der Waals surface area contributed by atoms with Gasteiger partial charge in [-0.15, -0.1) is 0 Å². The van der Waals surface area contributed by atoms with Crippen molar-refractivity contribution in [3.05, 3.63) is 60.2 Å². The minimum atomic E-state index is 0.425. The minimum Gasteiger partial charge on any atom is -0.457 e. The molecule has 1 heterocycles. The monoisotopic (exact) mass is 253 g/mol. The highest BCUT2D eigenvalue weighted by atomic mass is 16.5. The Kier molecular flexibility index (Phi) is 3.80. The first-order valence-electron chi connectivity index (χ1n) is 6.99. The first-order valence-corrected chi connectivity index (χ1v) is 6.99. The van der Waals surface area contributed by atoms with Crippen LogP contribution >= 0.6 is 0 Å². The molecule has 0 bridgehead atoms. The molecule has 2 aromatic carbocycles. The fourth-order valence-corrected chi connectivity index (χ4v) is 2.59. The Labute approximate surface area is 114 Å². The molecule has 1 aliphatic rings. The Balaban J connectivity index is 1.84. The number of hydrogen-bond donors (Lipinski definition) is 1. The number of benzene rings is 2. The fraction of sp³-hybridized carbons (Fsp3) is 0.294. The van der Waals surface area contributed by atoms with E-state index in [1.807, 2.05) is 36.4 Å². The molecule has 2 nitrogen and oxygen atoms in total. The lowest BCUT2D eigenvalue weighted by atomic mass is 9.97. The van der Waals surface area contributed by atoms with Crippen molar-refractivity contribution < 1.29 is 4.74 Å². The van der Waals surface area contributed by atoms with Crippen molar-refractivity contribution in [3.8, 4) is 11.5 Å². The van der Waals surface area contributed by atoms with E-state index in [1.54, 1.807) is 0 Å². The lowest BCUT2D eigenvalue weighted by Crippen LogP contribution is -2.27. The molecule has 3 rings (SSSR count). The van der Waals surface area contributed by atoms with E-state index in [0.29, 0.717) is 6.04 Å². The molecular weight excluding hydrogens is 234 g/mol. The maximum atomic E-state index is 6.02. The predicted molar refractivity (Wildman–Crippen MR) is 77.6 cm³/mol. The summed E-state index contributed by atoms with van der Waals surface area (Å²) < 4.78 is 6.02. The van der Waals surface area contributed by atoms with Crippen LogP contribution in [0, 0.1) is 0 Å². The van der Waals surface area contributed by atoms with Crippen LogP contribution in [0.4, 0.5) is 0 Å². The van der Waals surface area contributed by atoms with Crippen LogP contribution in [0.1, 0.15) is 30.9 Å². The quantitative estimate of drug-likeness (QED) is 0.880. The van der Waals surface area contributed by atoms with Crippen molar-refractivity contribution in [2.24, 2.45) is 0 Å². The summed E-state index contributed by atoms with van der Waals surface area (Å²) in [5.41, 5.74) is 1.27. The molecule has 2 aromatic rings. The average Bonchev–Trinajstić information content (AvgIpc) is 2.50. The normalized spacial score (nSPS) is 19.1. The third kappa shape index (κ3) is 2.96.